The number of halogens is 1. The van der Waals surface area contributed by atoms with Crippen molar-refractivity contribution in [1.29, 1.82) is 0 Å². The summed E-state index contributed by atoms with van der Waals surface area (Å²) < 4.78 is 20.3. The lowest BCUT2D eigenvalue weighted by molar-refractivity contribution is 0.307. The summed E-state index contributed by atoms with van der Waals surface area (Å²) >= 11 is 1.49. The number of aliphatic hydroxyl groups excluding tert-OH is 1. The van der Waals surface area contributed by atoms with Gasteiger partial charge in [0.2, 0.25) is 0 Å². The van der Waals surface area contributed by atoms with Crippen LogP contribution >= 0.6 is 11.3 Å². The van der Waals surface area contributed by atoms with E-state index in [-0.39, 0.29) is 11.6 Å². The first kappa shape index (κ1) is 19.4. The molecule has 0 saturated heterocycles. The molecule has 0 fully saturated rings. The topological polar surface area (TPSA) is 41.5 Å². The summed E-state index contributed by atoms with van der Waals surface area (Å²) in [5.41, 5.74) is 4.86. The standard InChI is InChI=1S/C26H20FNO2S/c27-19-11-12-23(30-15-17-7-3-1-4-8-17)20(13-19)22-16-31-26-24(22)25(29)21(14-28-26)18-9-5-2-6-10-18/h1-13,16,28-29H,14-15H2. The highest BCUT2D eigenvalue weighted by Crippen LogP contribution is 2.46. The Bertz CT molecular complexity index is 1250. The van der Waals surface area contributed by atoms with Gasteiger partial charge in [0.05, 0.1) is 5.56 Å². The molecule has 0 spiro atoms. The zero-order valence-corrected chi connectivity index (χ0v) is 17.5. The van der Waals surface area contributed by atoms with E-state index >= 15 is 0 Å². The Hall–Kier alpha value is -3.57. The first-order valence-electron chi connectivity index (χ1n) is 10.0. The molecule has 2 N–H and O–H groups in total. The number of fused-ring (bicyclic) bond motifs is 1. The van der Waals surface area contributed by atoms with Gasteiger partial charge in [-0.1, -0.05) is 60.7 Å². The number of hydrogen-bond acceptors (Lipinski definition) is 4. The normalized spacial score (nSPS) is 12.9. The van der Waals surface area contributed by atoms with Crippen molar-refractivity contribution in [2.24, 2.45) is 0 Å². The fourth-order valence-electron chi connectivity index (χ4n) is 3.78. The molecule has 0 aliphatic carbocycles. The van der Waals surface area contributed by atoms with Crippen LogP contribution in [-0.2, 0) is 6.61 Å². The van der Waals surface area contributed by atoms with Crippen LogP contribution in [-0.4, -0.2) is 11.7 Å². The van der Waals surface area contributed by atoms with Crippen molar-refractivity contribution >= 4 is 27.7 Å². The number of thiophene rings is 1. The molecule has 0 bridgehead atoms. The summed E-state index contributed by atoms with van der Waals surface area (Å²) in [5.74, 6) is 0.442. The molecular weight excluding hydrogens is 409 g/mol. The van der Waals surface area contributed by atoms with E-state index in [0.717, 1.165) is 27.3 Å². The fraction of sp³-hybridized carbons (Fsp3) is 0.0769. The third-order valence-corrected chi connectivity index (χ3v) is 6.27. The first-order valence-corrected chi connectivity index (χ1v) is 10.9. The molecule has 31 heavy (non-hydrogen) atoms. The molecule has 0 radical (unpaired) electrons. The number of hydrogen-bond donors (Lipinski definition) is 2. The molecule has 0 unspecified atom stereocenters. The highest BCUT2D eigenvalue weighted by molar-refractivity contribution is 7.15. The maximum absolute atomic E-state index is 14.2. The Morgan fingerprint density at radius 3 is 2.45 bits per heavy atom. The summed E-state index contributed by atoms with van der Waals surface area (Å²) in [4.78, 5) is 0. The van der Waals surface area contributed by atoms with Crippen LogP contribution in [0.25, 0.3) is 22.5 Å². The van der Waals surface area contributed by atoms with Gasteiger partial charge in [0.1, 0.15) is 28.9 Å². The Kier molecular flexibility index (Phi) is 5.18. The monoisotopic (exact) mass is 429 g/mol. The second-order valence-electron chi connectivity index (χ2n) is 7.31. The summed E-state index contributed by atoms with van der Waals surface area (Å²) in [6.45, 7) is 0.907. The number of anilines is 1. The van der Waals surface area contributed by atoms with Crippen molar-refractivity contribution in [1.82, 2.24) is 0 Å². The van der Waals surface area contributed by atoms with Gasteiger partial charge in [-0.25, -0.2) is 4.39 Å². The predicted molar refractivity (Wildman–Crippen MR) is 125 cm³/mol. The van der Waals surface area contributed by atoms with E-state index in [0.29, 0.717) is 30.0 Å². The van der Waals surface area contributed by atoms with Gasteiger partial charge in [-0.3, -0.25) is 0 Å². The van der Waals surface area contributed by atoms with Crippen LogP contribution < -0.4 is 10.1 Å². The lowest BCUT2D eigenvalue weighted by Crippen LogP contribution is -2.12. The first-order chi connectivity index (χ1) is 15.2. The van der Waals surface area contributed by atoms with Crippen LogP contribution in [0, 0.1) is 5.82 Å². The van der Waals surface area contributed by atoms with Crippen molar-refractivity contribution in [3.8, 4) is 16.9 Å². The van der Waals surface area contributed by atoms with Crippen molar-refractivity contribution < 1.29 is 14.2 Å². The van der Waals surface area contributed by atoms with Gasteiger partial charge in [0.25, 0.3) is 0 Å². The smallest absolute Gasteiger partial charge is 0.131 e. The average molecular weight is 430 g/mol. The zero-order valence-electron chi connectivity index (χ0n) is 16.6. The Balaban J connectivity index is 1.57. The van der Waals surface area contributed by atoms with Gasteiger partial charge >= 0.3 is 0 Å². The summed E-state index contributed by atoms with van der Waals surface area (Å²) in [5, 5.41) is 17.4. The van der Waals surface area contributed by atoms with E-state index in [4.69, 9.17) is 4.74 Å². The largest absolute Gasteiger partial charge is 0.507 e. The highest BCUT2D eigenvalue weighted by atomic mass is 32.1. The lowest BCUT2D eigenvalue weighted by atomic mass is 9.94. The highest BCUT2D eigenvalue weighted by Gasteiger charge is 2.26. The minimum atomic E-state index is -0.350. The molecule has 3 nitrogen and oxygen atoms in total. The molecule has 4 aromatic rings. The van der Waals surface area contributed by atoms with Gasteiger partial charge in [-0.15, -0.1) is 11.3 Å². The van der Waals surface area contributed by atoms with Gasteiger partial charge in [-0.05, 0) is 29.3 Å². The minimum absolute atomic E-state index is 0.217. The number of ether oxygens (including phenoxy) is 1. The van der Waals surface area contributed by atoms with E-state index < -0.39 is 0 Å². The number of aliphatic hydroxyl groups is 1. The zero-order chi connectivity index (χ0) is 21.2. The molecule has 0 amide bonds. The van der Waals surface area contributed by atoms with Crippen LogP contribution in [0.3, 0.4) is 0 Å². The van der Waals surface area contributed by atoms with Crippen molar-refractivity contribution in [2.75, 3.05) is 11.9 Å². The molecule has 1 aromatic heterocycles. The molecule has 1 aliphatic heterocycles. The molecule has 3 aromatic carbocycles. The van der Waals surface area contributed by atoms with Crippen molar-refractivity contribution in [3.63, 3.8) is 0 Å². The average Bonchev–Trinajstić information content (AvgIpc) is 3.25. The van der Waals surface area contributed by atoms with Crippen LogP contribution in [0.5, 0.6) is 5.75 Å². The predicted octanol–water partition coefficient (Wildman–Crippen LogP) is 6.99. The summed E-state index contributed by atoms with van der Waals surface area (Å²) in [7, 11) is 0. The second-order valence-corrected chi connectivity index (χ2v) is 8.19. The molecule has 1 aliphatic rings. The van der Waals surface area contributed by atoms with E-state index in [2.05, 4.69) is 5.32 Å². The van der Waals surface area contributed by atoms with Gasteiger partial charge in [-0.2, -0.15) is 0 Å². The third-order valence-electron chi connectivity index (χ3n) is 5.33. The van der Waals surface area contributed by atoms with Crippen molar-refractivity contribution in [3.05, 3.63) is 107 Å². The maximum atomic E-state index is 14.2. The van der Waals surface area contributed by atoms with Gasteiger partial charge in [0, 0.05) is 28.6 Å². The molecule has 5 rings (SSSR count). The molecular formula is C26H20FNO2S. The molecule has 0 atom stereocenters. The number of benzene rings is 3. The molecule has 154 valence electrons. The number of rotatable bonds is 5. The van der Waals surface area contributed by atoms with Crippen molar-refractivity contribution in [2.45, 2.75) is 6.61 Å². The lowest BCUT2D eigenvalue weighted by Gasteiger charge is -2.21. The Morgan fingerprint density at radius 1 is 0.935 bits per heavy atom. The summed E-state index contributed by atoms with van der Waals surface area (Å²) in [6.07, 6.45) is 0. The van der Waals surface area contributed by atoms with Crippen LogP contribution in [0.1, 0.15) is 16.7 Å². The van der Waals surface area contributed by atoms with E-state index in [1.165, 1.54) is 23.5 Å². The van der Waals surface area contributed by atoms with E-state index in [1.54, 1.807) is 6.07 Å². The fourth-order valence-corrected chi connectivity index (χ4v) is 4.74. The van der Waals surface area contributed by atoms with E-state index in [9.17, 15) is 9.50 Å². The third kappa shape index (κ3) is 3.80. The minimum Gasteiger partial charge on any atom is -0.507 e. The van der Waals surface area contributed by atoms with Gasteiger partial charge < -0.3 is 15.2 Å². The van der Waals surface area contributed by atoms with Crippen LogP contribution in [0.4, 0.5) is 9.39 Å². The SMILES string of the molecule is OC1=C(c2ccccc2)CNc2scc(-c3cc(F)ccc3OCc3ccccc3)c21. The van der Waals surface area contributed by atoms with Gasteiger partial charge in [0.15, 0.2) is 0 Å². The second kappa shape index (κ2) is 8.28. The molecule has 0 saturated carbocycles. The van der Waals surface area contributed by atoms with E-state index in [1.807, 2.05) is 66.0 Å². The quantitative estimate of drug-likeness (QED) is 0.359. The molecule has 2 heterocycles. The van der Waals surface area contributed by atoms with Crippen LogP contribution in [0.2, 0.25) is 0 Å². The maximum Gasteiger partial charge on any atom is 0.131 e. The Labute approximate surface area is 184 Å². The van der Waals surface area contributed by atoms with Crippen LogP contribution in [0.15, 0.2) is 84.2 Å². The summed E-state index contributed by atoms with van der Waals surface area (Å²) in [6, 6.07) is 24.1. The molecule has 5 heteroatoms. The Morgan fingerprint density at radius 2 is 1.68 bits per heavy atom. The number of nitrogens with one attached hydrogen (secondary N) is 1.